The monoisotopic (exact) mass is 539 g/mol. The summed E-state index contributed by atoms with van der Waals surface area (Å²) in [6.07, 6.45) is 6.15. The van der Waals surface area contributed by atoms with Gasteiger partial charge in [0, 0.05) is 40.4 Å². The first kappa shape index (κ1) is 25.6. The highest BCUT2D eigenvalue weighted by Crippen LogP contribution is 2.20. The average molecular weight is 540 g/mol. The van der Waals surface area contributed by atoms with Crippen LogP contribution < -0.4 is 16.2 Å². The third-order valence-corrected chi connectivity index (χ3v) is 6.19. The van der Waals surface area contributed by atoms with E-state index in [9.17, 15) is 14.4 Å². The van der Waals surface area contributed by atoms with Gasteiger partial charge in [-0.25, -0.2) is 0 Å². The topological polar surface area (TPSA) is 135 Å². The summed E-state index contributed by atoms with van der Waals surface area (Å²) < 4.78 is 1.45. The lowest BCUT2D eigenvalue weighted by Gasteiger charge is -2.18. The molecule has 0 aliphatic heterocycles. The Balaban J connectivity index is 1.37. The fourth-order valence-electron chi connectivity index (χ4n) is 4.07. The Morgan fingerprint density at radius 3 is 2.69 bits per heavy atom. The Morgan fingerprint density at radius 1 is 1.05 bits per heavy atom. The van der Waals surface area contributed by atoms with Gasteiger partial charge in [-0.15, -0.1) is 5.10 Å². The van der Waals surface area contributed by atoms with Crippen LogP contribution in [0.2, 0.25) is 5.02 Å². The van der Waals surface area contributed by atoms with Crippen LogP contribution in [0.3, 0.4) is 0 Å². The zero-order valence-electron chi connectivity index (χ0n) is 20.4. The zero-order chi connectivity index (χ0) is 27.2. The molecular formula is C28H22ClN7O3. The molecule has 5 rings (SSSR count). The molecule has 1 atom stereocenters. The second kappa shape index (κ2) is 11.5. The Bertz CT molecular complexity index is 1720. The van der Waals surface area contributed by atoms with Gasteiger partial charge in [-0.3, -0.25) is 14.4 Å². The van der Waals surface area contributed by atoms with Crippen LogP contribution in [0.15, 0.2) is 96.2 Å². The predicted molar refractivity (Wildman–Crippen MR) is 148 cm³/mol. The molecule has 2 amide bonds. The Kier molecular flexibility index (Phi) is 7.56. The Hall–Kier alpha value is -5.09. The van der Waals surface area contributed by atoms with E-state index in [0.29, 0.717) is 27.3 Å². The first-order valence-electron chi connectivity index (χ1n) is 11.9. The van der Waals surface area contributed by atoms with Gasteiger partial charge in [0.15, 0.2) is 0 Å². The molecule has 0 spiro atoms. The van der Waals surface area contributed by atoms with Gasteiger partial charge in [-0.2, -0.15) is 4.68 Å². The number of anilines is 1. The number of halogens is 1. The molecule has 0 aliphatic carbocycles. The number of fused-ring (bicyclic) bond motifs is 1. The van der Waals surface area contributed by atoms with Crippen molar-refractivity contribution in [2.45, 2.75) is 12.5 Å². The summed E-state index contributed by atoms with van der Waals surface area (Å²) in [4.78, 5) is 41.1. The number of H-pyrrole nitrogens is 1. The van der Waals surface area contributed by atoms with E-state index >= 15 is 0 Å². The molecule has 0 fully saturated rings. The molecular weight excluding hydrogens is 518 g/mol. The van der Waals surface area contributed by atoms with E-state index in [0.717, 1.165) is 10.9 Å². The van der Waals surface area contributed by atoms with Gasteiger partial charge < -0.3 is 15.6 Å². The summed E-state index contributed by atoms with van der Waals surface area (Å²) >= 11 is 6.16. The summed E-state index contributed by atoms with van der Waals surface area (Å²) in [5.74, 6) is -0.909. The summed E-state index contributed by atoms with van der Waals surface area (Å²) in [5.41, 5.74) is 2.28. The van der Waals surface area contributed by atoms with Gasteiger partial charge in [-0.05, 0) is 63.9 Å². The number of rotatable bonds is 8. The van der Waals surface area contributed by atoms with Crippen LogP contribution in [0.1, 0.15) is 11.1 Å². The first-order valence-corrected chi connectivity index (χ1v) is 12.3. The molecule has 0 saturated carbocycles. The molecule has 2 heterocycles. The van der Waals surface area contributed by atoms with Crippen molar-refractivity contribution in [2.75, 3.05) is 5.32 Å². The van der Waals surface area contributed by atoms with E-state index in [4.69, 9.17) is 11.6 Å². The summed E-state index contributed by atoms with van der Waals surface area (Å²) in [5, 5.41) is 18.5. The van der Waals surface area contributed by atoms with Crippen LogP contribution >= 0.6 is 11.6 Å². The summed E-state index contributed by atoms with van der Waals surface area (Å²) in [7, 11) is 0. The lowest BCUT2D eigenvalue weighted by molar-refractivity contribution is -0.123. The molecule has 5 aromatic rings. The lowest BCUT2D eigenvalue weighted by atomic mass is 10.0. The Labute approximate surface area is 227 Å². The zero-order valence-corrected chi connectivity index (χ0v) is 21.2. The quantitative estimate of drug-likeness (QED) is 0.258. The average Bonchev–Trinajstić information content (AvgIpc) is 3.47. The van der Waals surface area contributed by atoms with Crippen molar-refractivity contribution in [2.24, 2.45) is 0 Å². The number of carbonyl (C=O) groups excluding carboxylic acids is 2. The Morgan fingerprint density at radius 2 is 1.90 bits per heavy atom. The molecule has 0 saturated heterocycles. The maximum atomic E-state index is 13.3. The van der Waals surface area contributed by atoms with Crippen LogP contribution in [-0.4, -0.2) is 43.0 Å². The minimum absolute atomic E-state index is 0.257. The maximum Gasteiger partial charge on any atom is 0.255 e. The standard InChI is InChI=1S/C28H22ClN7O3/c29-21-8-10-25(36-17-31-34-35-36)20(15-21)7-11-26(37)33-24(14-18-4-2-1-3-5-18)28(39)32-22-9-6-19-12-13-30-27(38)23(19)16-22/h1-13,15-17,24H,14H2,(H,30,38)(H,32,39)(H,33,37)/b11-7+. The lowest BCUT2D eigenvalue weighted by Crippen LogP contribution is -2.44. The number of aromatic amines is 1. The van der Waals surface area contributed by atoms with Crippen LogP contribution in [0, 0.1) is 0 Å². The highest BCUT2D eigenvalue weighted by molar-refractivity contribution is 6.30. The molecule has 1 unspecified atom stereocenters. The van der Waals surface area contributed by atoms with Gasteiger partial charge in [0.25, 0.3) is 5.56 Å². The third kappa shape index (κ3) is 6.25. The third-order valence-electron chi connectivity index (χ3n) is 5.96. The molecule has 194 valence electrons. The van der Waals surface area contributed by atoms with Crippen molar-refractivity contribution < 1.29 is 9.59 Å². The van der Waals surface area contributed by atoms with Crippen molar-refractivity contribution in [1.29, 1.82) is 0 Å². The van der Waals surface area contributed by atoms with Gasteiger partial charge in [0.2, 0.25) is 11.8 Å². The highest BCUT2D eigenvalue weighted by atomic mass is 35.5. The largest absolute Gasteiger partial charge is 0.340 e. The second-order valence-corrected chi connectivity index (χ2v) is 9.08. The van der Waals surface area contributed by atoms with Crippen molar-refractivity contribution in [1.82, 2.24) is 30.5 Å². The van der Waals surface area contributed by atoms with E-state index in [-0.39, 0.29) is 12.0 Å². The van der Waals surface area contributed by atoms with Gasteiger partial charge in [-0.1, -0.05) is 48.0 Å². The minimum Gasteiger partial charge on any atom is -0.340 e. The maximum absolute atomic E-state index is 13.3. The number of benzene rings is 3. The summed E-state index contributed by atoms with van der Waals surface area (Å²) in [6, 6.07) is 20.4. The molecule has 2 aromatic heterocycles. The van der Waals surface area contributed by atoms with Crippen LogP contribution in [0.5, 0.6) is 0 Å². The minimum atomic E-state index is -0.896. The molecule has 3 aromatic carbocycles. The SMILES string of the molecule is O=C(/C=C/c1cc(Cl)ccc1-n1cnnn1)NC(Cc1ccccc1)C(=O)Nc1ccc2cc[nH]c(=O)c2c1. The number of tetrazole rings is 1. The van der Waals surface area contributed by atoms with E-state index < -0.39 is 17.9 Å². The van der Waals surface area contributed by atoms with E-state index in [1.165, 1.54) is 17.1 Å². The highest BCUT2D eigenvalue weighted by Gasteiger charge is 2.21. The normalized spacial score (nSPS) is 11.9. The number of aromatic nitrogens is 5. The van der Waals surface area contributed by atoms with E-state index in [2.05, 4.69) is 31.1 Å². The van der Waals surface area contributed by atoms with Gasteiger partial charge >= 0.3 is 0 Å². The molecule has 39 heavy (non-hydrogen) atoms. The number of carbonyl (C=O) groups is 2. The van der Waals surface area contributed by atoms with Crippen molar-refractivity contribution in [3.63, 3.8) is 0 Å². The van der Waals surface area contributed by atoms with Crippen LogP contribution in [0.25, 0.3) is 22.5 Å². The van der Waals surface area contributed by atoms with Gasteiger partial charge in [0.05, 0.1) is 5.69 Å². The van der Waals surface area contributed by atoms with Gasteiger partial charge in [0.1, 0.15) is 12.4 Å². The predicted octanol–water partition coefficient (Wildman–Crippen LogP) is 3.54. The fraction of sp³-hybridized carbons (Fsp3) is 0.0714. The van der Waals surface area contributed by atoms with Crippen LogP contribution in [-0.2, 0) is 16.0 Å². The van der Waals surface area contributed by atoms with Crippen molar-refractivity contribution in [3.05, 3.63) is 118 Å². The molecule has 0 bridgehead atoms. The van der Waals surface area contributed by atoms with Crippen molar-refractivity contribution >= 4 is 46.0 Å². The van der Waals surface area contributed by atoms with E-state index in [1.807, 2.05) is 30.3 Å². The molecule has 0 radical (unpaired) electrons. The van der Waals surface area contributed by atoms with E-state index in [1.54, 1.807) is 54.7 Å². The number of hydrogen-bond acceptors (Lipinski definition) is 6. The number of nitrogens with zero attached hydrogens (tertiary/aromatic N) is 4. The second-order valence-electron chi connectivity index (χ2n) is 8.64. The molecule has 0 aliphatic rings. The number of pyridine rings is 1. The molecule has 3 N–H and O–H groups in total. The fourth-order valence-corrected chi connectivity index (χ4v) is 4.25. The number of hydrogen-bond donors (Lipinski definition) is 3. The number of nitrogens with one attached hydrogen (secondary N) is 3. The number of amides is 2. The van der Waals surface area contributed by atoms with Crippen molar-refractivity contribution in [3.8, 4) is 5.69 Å². The van der Waals surface area contributed by atoms with Crippen LogP contribution in [0.4, 0.5) is 5.69 Å². The molecule has 11 heteroatoms. The smallest absolute Gasteiger partial charge is 0.255 e. The molecule has 10 nitrogen and oxygen atoms in total. The summed E-state index contributed by atoms with van der Waals surface area (Å²) in [6.45, 7) is 0. The first-order chi connectivity index (χ1) is 19.0.